The zero-order valence-corrected chi connectivity index (χ0v) is 23.1. The van der Waals surface area contributed by atoms with Crippen molar-refractivity contribution in [3.05, 3.63) is 77.1 Å². The number of aromatic nitrogens is 2. The van der Waals surface area contributed by atoms with E-state index in [9.17, 15) is 22.5 Å². The van der Waals surface area contributed by atoms with Crippen LogP contribution in [0.2, 0.25) is 0 Å². The maximum Gasteiger partial charge on any atom is 0.421 e. The highest BCUT2D eigenvalue weighted by Gasteiger charge is 2.51. The highest BCUT2D eigenvalue weighted by Crippen LogP contribution is 2.42. The summed E-state index contributed by atoms with van der Waals surface area (Å²) in [6.07, 6.45) is -1.96. The Labute approximate surface area is 225 Å². The molecule has 2 N–H and O–H groups in total. The summed E-state index contributed by atoms with van der Waals surface area (Å²) in [6.45, 7) is 6.31. The molecule has 0 aliphatic carbocycles. The largest absolute Gasteiger partial charge is 0.495 e. The summed E-state index contributed by atoms with van der Waals surface area (Å²) < 4.78 is 62.6. The van der Waals surface area contributed by atoms with E-state index in [-0.39, 0.29) is 5.56 Å². The van der Waals surface area contributed by atoms with Crippen molar-refractivity contribution in [2.45, 2.75) is 50.3 Å². The fourth-order valence-electron chi connectivity index (χ4n) is 3.80. The van der Waals surface area contributed by atoms with Gasteiger partial charge in [-0.3, -0.25) is 9.97 Å². The lowest BCUT2D eigenvalue weighted by Gasteiger charge is -2.26. The number of methoxy groups -OCH3 is 1. The number of hydrogen-bond donors (Lipinski definition) is 2. The van der Waals surface area contributed by atoms with Gasteiger partial charge in [0.15, 0.2) is 5.60 Å². The molecule has 1 aromatic carbocycles. The van der Waals surface area contributed by atoms with Gasteiger partial charge in [-0.2, -0.15) is 13.2 Å². The highest BCUT2D eigenvalue weighted by molar-refractivity contribution is 7.84. The number of aliphatic hydroxyl groups is 1. The Kier molecular flexibility index (Phi) is 7.68. The van der Waals surface area contributed by atoms with Crippen LogP contribution in [0.4, 0.5) is 13.2 Å². The minimum Gasteiger partial charge on any atom is -0.495 e. The number of pyridine rings is 2. The third-order valence-corrected chi connectivity index (χ3v) is 8.88. The van der Waals surface area contributed by atoms with Gasteiger partial charge in [0.1, 0.15) is 11.4 Å². The molecule has 0 radical (unpaired) electrons. The van der Waals surface area contributed by atoms with Crippen LogP contribution in [0.15, 0.2) is 60.9 Å². The maximum absolute atomic E-state index is 13.5. The smallest absolute Gasteiger partial charge is 0.421 e. The first-order valence-electron chi connectivity index (χ1n) is 11.7. The normalized spacial score (nSPS) is 15.7. The summed E-state index contributed by atoms with van der Waals surface area (Å²) in [5.74, 6) is 0.525. The van der Waals surface area contributed by atoms with Crippen molar-refractivity contribution in [3.63, 3.8) is 0 Å². The van der Waals surface area contributed by atoms with Crippen LogP contribution < -0.4 is 9.46 Å². The molecule has 4 rings (SSSR count). The van der Waals surface area contributed by atoms with E-state index >= 15 is 0 Å². The summed E-state index contributed by atoms with van der Waals surface area (Å²) >= 11 is 1.40. The van der Waals surface area contributed by atoms with Gasteiger partial charge in [-0.05, 0) is 69.0 Å². The van der Waals surface area contributed by atoms with E-state index in [1.54, 1.807) is 30.5 Å². The van der Waals surface area contributed by atoms with Crippen LogP contribution in [0.1, 0.15) is 49.9 Å². The zero-order chi connectivity index (χ0) is 27.9. The average molecular weight is 564 g/mol. The predicted molar refractivity (Wildman–Crippen MR) is 144 cm³/mol. The number of halogens is 3. The van der Waals surface area contributed by atoms with Gasteiger partial charge in [-0.25, -0.2) is 8.93 Å². The zero-order valence-electron chi connectivity index (χ0n) is 21.5. The van der Waals surface area contributed by atoms with Gasteiger partial charge in [0.25, 0.3) is 0 Å². The van der Waals surface area contributed by atoms with Crippen LogP contribution in [-0.4, -0.2) is 37.3 Å². The van der Waals surface area contributed by atoms with Crippen molar-refractivity contribution in [2.75, 3.05) is 7.11 Å². The summed E-state index contributed by atoms with van der Waals surface area (Å²) in [4.78, 5) is 9.61. The van der Waals surface area contributed by atoms with Crippen molar-refractivity contribution >= 4 is 32.4 Å². The van der Waals surface area contributed by atoms with Crippen molar-refractivity contribution < 1.29 is 27.2 Å². The number of nitrogens with one attached hydrogen (secondary N) is 1. The summed E-state index contributed by atoms with van der Waals surface area (Å²) in [5.41, 5.74) is -1.86. The van der Waals surface area contributed by atoms with Gasteiger partial charge in [-0.15, -0.1) is 11.3 Å². The summed E-state index contributed by atoms with van der Waals surface area (Å²) in [5, 5.41) is 11.0. The lowest BCUT2D eigenvalue weighted by atomic mass is 9.94. The van der Waals surface area contributed by atoms with Crippen LogP contribution in [0.5, 0.6) is 5.75 Å². The molecule has 0 aliphatic rings. The van der Waals surface area contributed by atoms with Crippen molar-refractivity contribution in [1.29, 1.82) is 0 Å². The van der Waals surface area contributed by atoms with Gasteiger partial charge in [0.05, 0.1) is 34.6 Å². The molecule has 0 saturated carbocycles. The standard InChI is InChI=1S/C27H28F3N3O3S2/c1-25(2,3)38(35)33-23(22-20(36-5)10-7-12-32-22)21-14-16-8-6-9-18(24(16)37-21)19-15-17(11-13-31-19)26(4,34)27(28,29)30/h6-15,23,33-34H,1-5H3/t23?,26-,38?/m1/s1. The van der Waals surface area contributed by atoms with Crippen LogP contribution in [-0.2, 0) is 16.6 Å². The number of hydrogen-bond acceptors (Lipinski definition) is 6. The quantitative estimate of drug-likeness (QED) is 0.277. The topological polar surface area (TPSA) is 84.3 Å². The van der Waals surface area contributed by atoms with Crippen LogP contribution in [0.25, 0.3) is 21.3 Å². The molecule has 2 unspecified atom stereocenters. The van der Waals surface area contributed by atoms with E-state index in [0.29, 0.717) is 22.7 Å². The molecule has 0 amide bonds. The van der Waals surface area contributed by atoms with Gasteiger partial charge in [-0.1, -0.05) is 18.2 Å². The number of thiophene rings is 1. The van der Waals surface area contributed by atoms with E-state index in [2.05, 4.69) is 14.7 Å². The van der Waals surface area contributed by atoms with E-state index in [4.69, 9.17) is 4.74 Å². The first-order chi connectivity index (χ1) is 17.7. The molecule has 0 saturated heterocycles. The molecule has 3 aromatic heterocycles. The number of ether oxygens (including phenoxy) is 1. The molecule has 11 heteroatoms. The molecular weight excluding hydrogens is 535 g/mol. The lowest BCUT2D eigenvalue weighted by molar-refractivity contribution is -0.258. The van der Waals surface area contributed by atoms with E-state index < -0.39 is 33.6 Å². The summed E-state index contributed by atoms with van der Waals surface area (Å²) in [7, 11) is 0.0887. The second kappa shape index (κ2) is 10.4. The Balaban J connectivity index is 1.86. The number of rotatable bonds is 7. The monoisotopic (exact) mass is 563 g/mol. The summed E-state index contributed by atoms with van der Waals surface area (Å²) in [6, 6.07) is 12.7. The SMILES string of the molecule is COc1cccnc1C(NS(=O)C(C)(C)C)c1cc2cccc(-c3cc([C@@](C)(O)C(F)(F)F)ccn3)c2s1. The van der Waals surface area contributed by atoms with Gasteiger partial charge < -0.3 is 9.84 Å². The second-order valence-corrected chi connectivity index (χ2v) is 13.0. The minimum absolute atomic E-state index is 0.296. The number of alkyl halides is 3. The third-order valence-electron chi connectivity index (χ3n) is 6.07. The fraction of sp³-hybridized carbons (Fsp3) is 0.333. The maximum atomic E-state index is 13.5. The molecule has 6 nitrogen and oxygen atoms in total. The molecule has 0 aliphatic heterocycles. The van der Waals surface area contributed by atoms with Crippen LogP contribution in [0.3, 0.4) is 0 Å². The molecule has 38 heavy (non-hydrogen) atoms. The van der Waals surface area contributed by atoms with Gasteiger partial charge in [0.2, 0.25) is 0 Å². The second-order valence-electron chi connectivity index (χ2n) is 9.90. The van der Waals surface area contributed by atoms with Crippen molar-refractivity contribution in [1.82, 2.24) is 14.7 Å². The molecule has 3 atom stereocenters. The molecule has 4 aromatic rings. The molecule has 0 fully saturated rings. The minimum atomic E-state index is -4.85. The van der Waals surface area contributed by atoms with Gasteiger partial charge in [0, 0.05) is 27.5 Å². The number of fused-ring (bicyclic) bond motifs is 1. The Morgan fingerprint density at radius 3 is 2.42 bits per heavy atom. The fourth-order valence-corrected chi connectivity index (χ4v) is 5.91. The molecule has 3 heterocycles. The Bertz CT molecular complexity index is 1480. The van der Waals surface area contributed by atoms with Crippen molar-refractivity contribution in [3.8, 4) is 17.0 Å². The molecular formula is C27H28F3N3O3S2. The van der Waals surface area contributed by atoms with Crippen molar-refractivity contribution in [2.24, 2.45) is 0 Å². The first-order valence-corrected chi connectivity index (χ1v) is 13.7. The average Bonchev–Trinajstić information content (AvgIpc) is 3.30. The number of nitrogens with zero attached hydrogens (tertiary/aromatic N) is 2. The Morgan fingerprint density at radius 2 is 1.76 bits per heavy atom. The van der Waals surface area contributed by atoms with Crippen LogP contribution >= 0.6 is 11.3 Å². The molecule has 0 bridgehead atoms. The predicted octanol–water partition coefficient (Wildman–Crippen LogP) is 6.28. The highest BCUT2D eigenvalue weighted by atomic mass is 32.2. The molecule has 202 valence electrons. The number of benzene rings is 1. The Hall–Kier alpha value is -2.86. The third kappa shape index (κ3) is 5.47. The van der Waals surface area contributed by atoms with E-state index in [0.717, 1.165) is 28.0 Å². The van der Waals surface area contributed by atoms with Crippen LogP contribution in [0, 0.1) is 0 Å². The Morgan fingerprint density at radius 1 is 1.03 bits per heavy atom. The first kappa shape index (κ1) is 28.2. The lowest BCUT2D eigenvalue weighted by Crippen LogP contribution is -2.39. The molecule has 0 spiro atoms. The van der Waals surface area contributed by atoms with E-state index in [1.165, 1.54) is 30.7 Å². The van der Waals surface area contributed by atoms with Gasteiger partial charge >= 0.3 is 6.18 Å². The van der Waals surface area contributed by atoms with E-state index in [1.807, 2.05) is 32.9 Å².